The van der Waals surface area contributed by atoms with E-state index in [9.17, 15) is 4.79 Å². The second-order valence-electron chi connectivity index (χ2n) is 5.06. The molecule has 2 atom stereocenters. The van der Waals surface area contributed by atoms with Crippen LogP contribution in [0.25, 0.3) is 0 Å². The minimum absolute atomic E-state index is 0.197. The Morgan fingerprint density at radius 1 is 1.47 bits per heavy atom. The molecule has 0 aromatic heterocycles. The first-order valence-electron chi connectivity index (χ1n) is 6.09. The summed E-state index contributed by atoms with van der Waals surface area (Å²) in [5.74, 6) is 1.25. The summed E-state index contributed by atoms with van der Waals surface area (Å²) in [6.45, 7) is 8.45. The van der Waals surface area contributed by atoms with Crippen LogP contribution in [-0.4, -0.2) is 25.0 Å². The smallest absolute Gasteiger partial charge is 0.220 e. The Hall–Kier alpha value is -0.570. The number of amides is 1. The predicted octanol–water partition coefficient (Wildman–Crippen LogP) is 1.54. The quantitative estimate of drug-likeness (QED) is 0.742. The molecule has 0 radical (unpaired) electrons. The van der Waals surface area contributed by atoms with Crippen LogP contribution in [0, 0.1) is 11.8 Å². The summed E-state index contributed by atoms with van der Waals surface area (Å²) < 4.78 is 0. The van der Waals surface area contributed by atoms with Crippen molar-refractivity contribution in [2.24, 2.45) is 11.8 Å². The summed E-state index contributed by atoms with van der Waals surface area (Å²) in [6, 6.07) is 0.309. The second-order valence-corrected chi connectivity index (χ2v) is 5.06. The Morgan fingerprint density at radius 2 is 2.20 bits per heavy atom. The highest BCUT2D eigenvalue weighted by Crippen LogP contribution is 2.14. The SMILES string of the molecule is CC(C)CC(=O)NC(C)C1CCCNC1. The van der Waals surface area contributed by atoms with Crippen molar-refractivity contribution in [1.29, 1.82) is 0 Å². The molecule has 1 saturated heterocycles. The third kappa shape index (κ3) is 4.65. The summed E-state index contributed by atoms with van der Waals surface area (Å²) in [4.78, 5) is 11.6. The van der Waals surface area contributed by atoms with Gasteiger partial charge in [0.1, 0.15) is 0 Å². The molecule has 88 valence electrons. The van der Waals surface area contributed by atoms with Crippen LogP contribution in [0.3, 0.4) is 0 Å². The molecule has 0 aromatic rings. The molecule has 1 rings (SSSR count). The van der Waals surface area contributed by atoms with Gasteiger partial charge in [-0.05, 0) is 44.7 Å². The minimum Gasteiger partial charge on any atom is -0.353 e. The standard InChI is InChI=1S/C12H24N2O/c1-9(2)7-12(15)14-10(3)11-5-4-6-13-8-11/h9-11,13H,4-8H2,1-3H3,(H,14,15). The van der Waals surface area contributed by atoms with Crippen molar-refractivity contribution in [2.75, 3.05) is 13.1 Å². The van der Waals surface area contributed by atoms with E-state index in [0.717, 1.165) is 13.1 Å². The molecule has 3 nitrogen and oxygen atoms in total. The third-order valence-corrected chi connectivity index (χ3v) is 3.02. The van der Waals surface area contributed by atoms with Gasteiger partial charge >= 0.3 is 0 Å². The molecule has 0 saturated carbocycles. The van der Waals surface area contributed by atoms with Crippen molar-refractivity contribution >= 4 is 5.91 Å². The highest BCUT2D eigenvalue weighted by molar-refractivity contribution is 5.76. The lowest BCUT2D eigenvalue weighted by Gasteiger charge is -2.29. The summed E-state index contributed by atoms with van der Waals surface area (Å²) in [6.07, 6.45) is 3.11. The highest BCUT2D eigenvalue weighted by atomic mass is 16.1. The van der Waals surface area contributed by atoms with Gasteiger partial charge in [-0.2, -0.15) is 0 Å². The average molecular weight is 212 g/mol. The van der Waals surface area contributed by atoms with Gasteiger partial charge in [0.05, 0.1) is 0 Å². The first kappa shape index (κ1) is 12.5. The molecule has 2 N–H and O–H groups in total. The van der Waals surface area contributed by atoms with E-state index in [-0.39, 0.29) is 5.91 Å². The lowest BCUT2D eigenvalue weighted by Crippen LogP contribution is -2.44. The zero-order chi connectivity index (χ0) is 11.3. The van der Waals surface area contributed by atoms with E-state index in [4.69, 9.17) is 0 Å². The molecule has 1 fully saturated rings. The fraction of sp³-hybridized carbons (Fsp3) is 0.917. The first-order chi connectivity index (χ1) is 7.09. The largest absolute Gasteiger partial charge is 0.353 e. The molecule has 0 aromatic carbocycles. The van der Waals surface area contributed by atoms with Gasteiger partial charge < -0.3 is 10.6 Å². The Kier molecular flexibility index (Phi) is 5.09. The number of carbonyl (C=O) groups excluding carboxylic acids is 1. The number of rotatable bonds is 4. The van der Waals surface area contributed by atoms with E-state index in [1.807, 2.05) is 0 Å². The van der Waals surface area contributed by atoms with E-state index >= 15 is 0 Å². The van der Waals surface area contributed by atoms with Crippen LogP contribution < -0.4 is 10.6 Å². The van der Waals surface area contributed by atoms with Crippen LogP contribution in [0.1, 0.15) is 40.0 Å². The zero-order valence-corrected chi connectivity index (χ0v) is 10.2. The molecule has 0 bridgehead atoms. The fourth-order valence-electron chi connectivity index (χ4n) is 2.11. The van der Waals surface area contributed by atoms with Crippen molar-refractivity contribution in [3.05, 3.63) is 0 Å². The molecule has 1 heterocycles. The molecule has 1 amide bonds. The van der Waals surface area contributed by atoms with Gasteiger partial charge in [0.15, 0.2) is 0 Å². The molecule has 15 heavy (non-hydrogen) atoms. The maximum atomic E-state index is 11.6. The van der Waals surface area contributed by atoms with Crippen LogP contribution in [0.5, 0.6) is 0 Å². The molecular weight excluding hydrogens is 188 g/mol. The van der Waals surface area contributed by atoms with Gasteiger partial charge in [0, 0.05) is 12.5 Å². The number of hydrogen-bond acceptors (Lipinski definition) is 2. The molecule has 2 unspecified atom stereocenters. The molecule has 3 heteroatoms. The molecule has 0 spiro atoms. The van der Waals surface area contributed by atoms with Crippen molar-refractivity contribution < 1.29 is 4.79 Å². The molecule has 1 aliphatic rings. The maximum absolute atomic E-state index is 11.6. The van der Waals surface area contributed by atoms with E-state index in [1.165, 1.54) is 12.8 Å². The third-order valence-electron chi connectivity index (χ3n) is 3.02. The first-order valence-corrected chi connectivity index (χ1v) is 6.09. The van der Waals surface area contributed by atoms with Gasteiger partial charge in [0.2, 0.25) is 5.91 Å². The van der Waals surface area contributed by atoms with Gasteiger partial charge in [0.25, 0.3) is 0 Å². The summed E-state index contributed by atoms with van der Waals surface area (Å²) in [5.41, 5.74) is 0. The Morgan fingerprint density at radius 3 is 2.73 bits per heavy atom. The van der Waals surface area contributed by atoms with E-state index < -0.39 is 0 Å². The number of carbonyl (C=O) groups is 1. The van der Waals surface area contributed by atoms with Crippen LogP contribution in [-0.2, 0) is 4.79 Å². The van der Waals surface area contributed by atoms with Gasteiger partial charge in [-0.3, -0.25) is 4.79 Å². The summed E-state index contributed by atoms with van der Waals surface area (Å²) in [7, 11) is 0. The van der Waals surface area contributed by atoms with E-state index in [2.05, 4.69) is 31.4 Å². The number of hydrogen-bond donors (Lipinski definition) is 2. The van der Waals surface area contributed by atoms with Crippen LogP contribution in [0.15, 0.2) is 0 Å². The minimum atomic E-state index is 0.197. The normalized spacial score (nSPS) is 23.9. The predicted molar refractivity (Wildman–Crippen MR) is 62.7 cm³/mol. The van der Waals surface area contributed by atoms with Crippen molar-refractivity contribution in [2.45, 2.75) is 46.1 Å². The van der Waals surface area contributed by atoms with Crippen LogP contribution in [0.2, 0.25) is 0 Å². The van der Waals surface area contributed by atoms with Gasteiger partial charge in [-0.15, -0.1) is 0 Å². The lowest BCUT2D eigenvalue weighted by atomic mass is 9.92. The van der Waals surface area contributed by atoms with Gasteiger partial charge in [-0.1, -0.05) is 13.8 Å². The average Bonchev–Trinajstić information content (AvgIpc) is 2.17. The lowest BCUT2D eigenvalue weighted by molar-refractivity contribution is -0.122. The molecular formula is C12H24N2O. The van der Waals surface area contributed by atoms with Crippen molar-refractivity contribution in [3.63, 3.8) is 0 Å². The van der Waals surface area contributed by atoms with Crippen LogP contribution >= 0.6 is 0 Å². The Labute approximate surface area is 93.0 Å². The van der Waals surface area contributed by atoms with Crippen molar-refractivity contribution in [1.82, 2.24) is 10.6 Å². The maximum Gasteiger partial charge on any atom is 0.220 e. The Balaban J connectivity index is 2.27. The van der Waals surface area contributed by atoms with Crippen LogP contribution in [0.4, 0.5) is 0 Å². The highest BCUT2D eigenvalue weighted by Gasteiger charge is 2.21. The zero-order valence-electron chi connectivity index (χ0n) is 10.2. The van der Waals surface area contributed by atoms with E-state index in [0.29, 0.717) is 24.3 Å². The topological polar surface area (TPSA) is 41.1 Å². The molecule has 1 aliphatic heterocycles. The fourth-order valence-corrected chi connectivity index (χ4v) is 2.11. The number of nitrogens with one attached hydrogen (secondary N) is 2. The summed E-state index contributed by atoms with van der Waals surface area (Å²) >= 11 is 0. The Bertz CT molecular complexity index is 198. The molecule has 0 aliphatic carbocycles. The monoisotopic (exact) mass is 212 g/mol. The summed E-state index contributed by atoms with van der Waals surface area (Å²) in [5, 5.41) is 6.48. The van der Waals surface area contributed by atoms with E-state index in [1.54, 1.807) is 0 Å². The van der Waals surface area contributed by atoms with Crippen molar-refractivity contribution in [3.8, 4) is 0 Å². The number of piperidine rings is 1. The second kappa shape index (κ2) is 6.11. The van der Waals surface area contributed by atoms with Gasteiger partial charge in [-0.25, -0.2) is 0 Å².